The van der Waals surface area contributed by atoms with Crippen LogP contribution >= 0.6 is 0 Å². The Kier molecular flexibility index (Phi) is 4.49. The lowest BCUT2D eigenvalue weighted by Gasteiger charge is -2.23. The van der Waals surface area contributed by atoms with E-state index < -0.39 is 16.0 Å². The van der Waals surface area contributed by atoms with Crippen LogP contribution in [0.15, 0.2) is 47.4 Å². The van der Waals surface area contributed by atoms with E-state index in [2.05, 4.69) is 10.6 Å². The highest BCUT2D eigenvalue weighted by Crippen LogP contribution is 2.28. The normalized spacial score (nSPS) is 19.3. The highest BCUT2D eigenvalue weighted by molar-refractivity contribution is 7.86. The number of anilines is 2. The zero-order chi connectivity index (χ0) is 17.3. The molecule has 5 nitrogen and oxygen atoms in total. The first-order chi connectivity index (χ1) is 11.5. The predicted octanol–water partition coefficient (Wildman–Crippen LogP) is 2.76. The molecule has 0 saturated heterocycles. The average Bonchev–Trinajstić information content (AvgIpc) is 2.55. The van der Waals surface area contributed by atoms with Crippen LogP contribution < -0.4 is 10.6 Å². The SMILES string of the molecule is Cc1ccc(NC(=O)C[C@H]2C(=O)Nc3ccccc3[S@@]2=O)cc1C. The van der Waals surface area contributed by atoms with E-state index in [0.29, 0.717) is 16.3 Å². The second-order valence-electron chi connectivity index (χ2n) is 5.82. The third kappa shape index (κ3) is 3.23. The molecule has 0 aromatic heterocycles. The number of fused-ring (bicyclic) bond motifs is 1. The molecule has 2 atom stereocenters. The van der Waals surface area contributed by atoms with E-state index >= 15 is 0 Å². The molecule has 24 heavy (non-hydrogen) atoms. The van der Waals surface area contributed by atoms with Gasteiger partial charge in [0.15, 0.2) is 0 Å². The molecule has 6 heteroatoms. The molecule has 2 N–H and O–H groups in total. The summed E-state index contributed by atoms with van der Waals surface area (Å²) >= 11 is 0. The summed E-state index contributed by atoms with van der Waals surface area (Å²) in [7, 11) is -1.54. The van der Waals surface area contributed by atoms with E-state index in [1.54, 1.807) is 24.3 Å². The molecule has 0 fully saturated rings. The summed E-state index contributed by atoms with van der Waals surface area (Å²) in [5.74, 6) is -0.714. The van der Waals surface area contributed by atoms with E-state index in [9.17, 15) is 13.8 Å². The maximum Gasteiger partial charge on any atom is 0.241 e. The fraction of sp³-hybridized carbons (Fsp3) is 0.222. The van der Waals surface area contributed by atoms with Gasteiger partial charge >= 0.3 is 0 Å². The smallest absolute Gasteiger partial charge is 0.241 e. The van der Waals surface area contributed by atoms with Crippen LogP contribution in [0.3, 0.4) is 0 Å². The Hall–Kier alpha value is -2.47. The summed E-state index contributed by atoms with van der Waals surface area (Å²) in [6.07, 6.45) is -0.125. The van der Waals surface area contributed by atoms with Gasteiger partial charge in [-0.25, -0.2) is 0 Å². The molecule has 2 amide bonds. The van der Waals surface area contributed by atoms with Crippen molar-refractivity contribution in [2.45, 2.75) is 30.4 Å². The molecule has 3 rings (SSSR count). The number of aryl methyl sites for hydroxylation is 2. The number of para-hydroxylation sites is 1. The monoisotopic (exact) mass is 342 g/mol. The van der Waals surface area contributed by atoms with Crippen LogP contribution in [0.2, 0.25) is 0 Å². The molecule has 1 heterocycles. The van der Waals surface area contributed by atoms with Crippen LogP contribution in [0.4, 0.5) is 11.4 Å². The molecule has 0 spiro atoms. The van der Waals surface area contributed by atoms with Gasteiger partial charge in [-0.05, 0) is 49.2 Å². The Labute approximate surface area is 142 Å². The molecule has 0 radical (unpaired) electrons. The zero-order valence-electron chi connectivity index (χ0n) is 13.5. The van der Waals surface area contributed by atoms with Crippen LogP contribution in [-0.4, -0.2) is 21.3 Å². The van der Waals surface area contributed by atoms with Crippen molar-refractivity contribution in [3.63, 3.8) is 0 Å². The molecular weight excluding hydrogens is 324 g/mol. The van der Waals surface area contributed by atoms with Crippen molar-refractivity contribution < 1.29 is 13.8 Å². The van der Waals surface area contributed by atoms with Gasteiger partial charge in [0.1, 0.15) is 5.25 Å². The van der Waals surface area contributed by atoms with Gasteiger partial charge in [0.2, 0.25) is 11.8 Å². The van der Waals surface area contributed by atoms with Gasteiger partial charge < -0.3 is 10.6 Å². The van der Waals surface area contributed by atoms with E-state index in [0.717, 1.165) is 11.1 Å². The Bertz CT molecular complexity index is 848. The highest BCUT2D eigenvalue weighted by Gasteiger charge is 2.34. The van der Waals surface area contributed by atoms with E-state index in [-0.39, 0.29) is 18.2 Å². The quantitative estimate of drug-likeness (QED) is 0.900. The maximum atomic E-state index is 12.6. The number of carbonyl (C=O) groups is 2. The van der Waals surface area contributed by atoms with E-state index in [4.69, 9.17) is 0 Å². The Morgan fingerprint density at radius 2 is 1.92 bits per heavy atom. The first-order valence-electron chi connectivity index (χ1n) is 7.63. The lowest BCUT2D eigenvalue weighted by atomic mass is 10.1. The van der Waals surface area contributed by atoms with Crippen LogP contribution in [0.25, 0.3) is 0 Å². The number of hydrogen-bond acceptors (Lipinski definition) is 3. The summed E-state index contributed by atoms with van der Waals surface area (Å²) in [5, 5.41) is 4.60. The average molecular weight is 342 g/mol. The Balaban J connectivity index is 1.73. The minimum Gasteiger partial charge on any atom is -0.326 e. The van der Waals surface area contributed by atoms with Gasteiger partial charge in [-0.2, -0.15) is 0 Å². The van der Waals surface area contributed by atoms with Crippen LogP contribution in [0.5, 0.6) is 0 Å². The molecule has 2 aromatic rings. The molecule has 1 aliphatic rings. The van der Waals surface area contributed by atoms with E-state index in [1.807, 2.05) is 32.0 Å². The highest BCUT2D eigenvalue weighted by atomic mass is 32.2. The van der Waals surface area contributed by atoms with Crippen molar-refractivity contribution in [2.75, 3.05) is 10.6 Å². The maximum absolute atomic E-state index is 12.6. The van der Waals surface area contributed by atoms with Crippen molar-refractivity contribution in [2.24, 2.45) is 0 Å². The van der Waals surface area contributed by atoms with Crippen LogP contribution in [0, 0.1) is 13.8 Å². The number of carbonyl (C=O) groups excluding carboxylic acids is 2. The first kappa shape index (κ1) is 16.4. The molecule has 124 valence electrons. The molecular formula is C18H18N2O3S. The summed E-state index contributed by atoms with van der Waals surface area (Å²) < 4.78 is 12.6. The van der Waals surface area contributed by atoms with Crippen molar-refractivity contribution >= 4 is 34.0 Å². The topological polar surface area (TPSA) is 75.3 Å². The third-order valence-corrected chi connectivity index (χ3v) is 5.76. The van der Waals surface area contributed by atoms with Gasteiger partial charge in [-0.3, -0.25) is 13.8 Å². The summed E-state index contributed by atoms with van der Waals surface area (Å²) in [6, 6.07) is 12.6. The zero-order valence-corrected chi connectivity index (χ0v) is 14.3. The lowest BCUT2D eigenvalue weighted by molar-refractivity contribution is -0.120. The van der Waals surface area contributed by atoms with Crippen molar-refractivity contribution in [1.29, 1.82) is 0 Å². The van der Waals surface area contributed by atoms with Crippen LogP contribution in [-0.2, 0) is 20.4 Å². The fourth-order valence-corrected chi connectivity index (χ4v) is 3.99. The number of rotatable bonds is 3. The molecule has 0 aliphatic carbocycles. The lowest BCUT2D eigenvalue weighted by Crippen LogP contribution is -2.39. The number of hydrogen-bond donors (Lipinski definition) is 2. The summed E-state index contributed by atoms with van der Waals surface area (Å²) in [5.41, 5.74) is 3.43. The third-order valence-electron chi connectivity index (χ3n) is 4.07. The summed E-state index contributed by atoms with van der Waals surface area (Å²) in [6.45, 7) is 3.96. The molecule has 0 unspecified atom stereocenters. The number of benzene rings is 2. The minimum absolute atomic E-state index is 0.125. The van der Waals surface area contributed by atoms with Gasteiger partial charge in [0, 0.05) is 5.69 Å². The standard InChI is InChI=1S/C18H18N2O3S/c1-11-7-8-13(9-12(11)2)19-17(21)10-16-18(22)20-14-5-3-4-6-15(14)24(16)23/h3-9,16H,10H2,1-2H3,(H,19,21)(H,20,22)/t16-,24-/m0/s1. The van der Waals surface area contributed by atoms with Crippen LogP contribution in [0.1, 0.15) is 17.5 Å². The summed E-state index contributed by atoms with van der Waals surface area (Å²) in [4.78, 5) is 25.0. The van der Waals surface area contributed by atoms with Crippen molar-refractivity contribution in [1.82, 2.24) is 0 Å². The fourth-order valence-electron chi connectivity index (χ4n) is 2.58. The van der Waals surface area contributed by atoms with Gasteiger partial charge in [0.25, 0.3) is 0 Å². The second kappa shape index (κ2) is 6.57. The molecule has 0 saturated carbocycles. The van der Waals surface area contributed by atoms with Gasteiger partial charge in [0.05, 0.1) is 27.8 Å². The van der Waals surface area contributed by atoms with Gasteiger partial charge in [-0.15, -0.1) is 0 Å². The Morgan fingerprint density at radius 3 is 2.67 bits per heavy atom. The second-order valence-corrected chi connectivity index (χ2v) is 7.43. The van der Waals surface area contributed by atoms with Gasteiger partial charge in [-0.1, -0.05) is 18.2 Å². The minimum atomic E-state index is -1.54. The molecule has 0 bridgehead atoms. The Morgan fingerprint density at radius 1 is 1.17 bits per heavy atom. The van der Waals surface area contributed by atoms with Crippen molar-refractivity contribution in [3.05, 3.63) is 53.6 Å². The molecule has 2 aromatic carbocycles. The first-order valence-corrected chi connectivity index (χ1v) is 8.84. The number of amides is 2. The predicted molar refractivity (Wildman–Crippen MR) is 94.4 cm³/mol. The number of nitrogens with one attached hydrogen (secondary N) is 2. The van der Waals surface area contributed by atoms with E-state index in [1.165, 1.54) is 0 Å². The largest absolute Gasteiger partial charge is 0.326 e. The van der Waals surface area contributed by atoms with Crippen molar-refractivity contribution in [3.8, 4) is 0 Å². The molecule has 1 aliphatic heterocycles.